The Kier molecular flexibility index (Phi) is 1.97. The van der Waals surface area contributed by atoms with E-state index in [0.29, 0.717) is 0 Å². The number of rotatable bonds is 1. The van der Waals surface area contributed by atoms with Gasteiger partial charge < -0.3 is 10.1 Å². The van der Waals surface area contributed by atoms with Crippen molar-refractivity contribution in [2.24, 2.45) is 0 Å². The van der Waals surface area contributed by atoms with E-state index in [1.165, 1.54) is 5.32 Å². The third-order valence-corrected chi connectivity index (χ3v) is 1.36. The molecule has 0 spiro atoms. The van der Waals surface area contributed by atoms with E-state index >= 15 is 0 Å². The molecule has 0 radical (unpaired) electrons. The number of halogens is 2. The molecule has 3 amide bonds. The highest BCUT2D eigenvalue weighted by Gasteiger charge is 2.52. The average molecular weight is 180 g/mol. The minimum absolute atomic E-state index is 0.970. The van der Waals surface area contributed by atoms with Gasteiger partial charge in [0, 0.05) is 7.11 Å². The summed E-state index contributed by atoms with van der Waals surface area (Å²) in [6, 6.07) is -0.988. The predicted octanol–water partition coefficient (Wildman–Crippen LogP) is -0.566. The molecule has 1 heterocycles. The highest BCUT2D eigenvalue weighted by molar-refractivity contribution is 6.01. The van der Waals surface area contributed by atoms with Crippen LogP contribution in [0.1, 0.15) is 0 Å². The number of carbonyl (C=O) groups is 2. The second-order valence-electron chi connectivity index (χ2n) is 2.17. The van der Waals surface area contributed by atoms with Gasteiger partial charge in [-0.1, -0.05) is 0 Å². The molecule has 68 valence electrons. The number of hydrogen-bond donors (Lipinski definition) is 2. The summed E-state index contributed by atoms with van der Waals surface area (Å²) in [6.45, 7) is 0. The van der Waals surface area contributed by atoms with Crippen LogP contribution in [0.4, 0.5) is 13.6 Å². The fourth-order valence-electron chi connectivity index (χ4n) is 0.758. The molecule has 0 aromatic heterocycles. The third-order valence-electron chi connectivity index (χ3n) is 1.36. The number of methoxy groups -OCH3 is 1. The maximum Gasteiger partial charge on any atom is 0.368 e. The van der Waals surface area contributed by atoms with Crippen molar-refractivity contribution in [3.63, 3.8) is 0 Å². The van der Waals surface area contributed by atoms with E-state index in [1.807, 2.05) is 0 Å². The van der Waals surface area contributed by atoms with Gasteiger partial charge in [0.2, 0.25) is 6.23 Å². The smallest absolute Gasteiger partial charge is 0.355 e. The summed E-state index contributed by atoms with van der Waals surface area (Å²) in [4.78, 5) is 21.0. The largest absolute Gasteiger partial charge is 0.368 e. The van der Waals surface area contributed by atoms with Crippen LogP contribution in [0.3, 0.4) is 0 Å². The zero-order chi connectivity index (χ0) is 9.35. The first-order valence-corrected chi connectivity index (χ1v) is 3.01. The molecule has 0 aliphatic carbocycles. The van der Waals surface area contributed by atoms with Crippen LogP contribution >= 0.6 is 0 Å². The molecule has 0 saturated carbocycles. The van der Waals surface area contributed by atoms with Gasteiger partial charge in [-0.15, -0.1) is 0 Å². The van der Waals surface area contributed by atoms with Crippen molar-refractivity contribution in [3.05, 3.63) is 0 Å². The lowest BCUT2D eigenvalue weighted by molar-refractivity contribution is -0.173. The Balaban J connectivity index is 2.85. The Morgan fingerprint density at radius 1 is 1.50 bits per heavy atom. The van der Waals surface area contributed by atoms with Gasteiger partial charge in [-0.05, 0) is 0 Å². The van der Waals surface area contributed by atoms with Gasteiger partial charge in [-0.3, -0.25) is 10.1 Å². The number of amides is 3. The molecule has 1 aliphatic rings. The lowest BCUT2D eigenvalue weighted by atomic mass is 10.2. The van der Waals surface area contributed by atoms with Crippen molar-refractivity contribution in [1.29, 1.82) is 0 Å². The van der Waals surface area contributed by atoms with Gasteiger partial charge in [-0.25, -0.2) is 4.79 Å². The molecule has 5 nitrogen and oxygen atoms in total. The summed E-state index contributed by atoms with van der Waals surface area (Å²) in [7, 11) is 0.970. The van der Waals surface area contributed by atoms with Gasteiger partial charge in [0.15, 0.2) is 0 Å². The molecule has 1 saturated heterocycles. The van der Waals surface area contributed by atoms with Gasteiger partial charge in [0.05, 0.1) is 0 Å². The molecule has 1 aliphatic heterocycles. The van der Waals surface area contributed by atoms with Crippen molar-refractivity contribution < 1.29 is 23.1 Å². The molecule has 1 atom stereocenters. The monoisotopic (exact) mass is 180 g/mol. The standard InChI is InChI=1S/C5H6F2N2O3/c1-12-3-5(6,7)2(10)8-4(11)9-3/h3H,1H3,(H2,8,9,10,11). The van der Waals surface area contributed by atoms with Crippen LogP contribution in [0.2, 0.25) is 0 Å². The summed E-state index contributed by atoms with van der Waals surface area (Å²) in [6.07, 6.45) is -1.89. The van der Waals surface area contributed by atoms with Crippen LogP contribution < -0.4 is 10.6 Å². The minimum atomic E-state index is -3.72. The van der Waals surface area contributed by atoms with Crippen molar-refractivity contribution in [3.8, 4) is 0 Å². The van der Waals surface area contributed by atoms with Gasteiger partial charge in [0.25, 0.3) is 0 Å². The normalized spacial score (nSPS) is 27.8. The van der Waals surface area contributed by atoms with Crippen molar-refractivity contribution in [1.82, 2.24) is 10.6 Å². The highest BCUT2D eigenvalue weighted by atomic mass is 19.3. The zero-order valence-corrected chi connectivity index (χ0v) is 6.06. The first-order chi connectivity index (χ1) is 5.48. The number of ether oxygens (including phenoxy) is 1. The van der Waals surface area contributed by atoms with E-state index in [0.717, 1.165) is 7.11 Å². The average Bonchev–Trinajstić information content (AvgIpc) is 1.97. The van der Waals surface area contributed by atoms with Crippen molar-refractivity contribution in [2.45, 2.75) is 12.2 Å². The molecule has 1 rings (SSSR count). The Hall–Kier alpha value is -1.24. The maximum atomic E-state index is 12.7. The summed E-state index contributed by atoms with van der Waals surface area (Å²) in [5.41, 5.74) is 0. The topological polar surface area (TPSA) is 67.4 Å². The summed E-state index contributed by atoms with van der Waals surface area (Å²) in [5, 5.41) is 3.16. The molecular formula is C5H6F2N2O3. The lowest BCUT2D eigenvalue weighted by Gasteiger charge is -2.29. The first kappa shape index (κ1) is 8.85. The lowest BCUT2D eigenvalue weighted by Crippen LogP contribution is -2.65. The van der Waals surface area contributed by atoms with Gasteiger partial charge in [-0.2, -0.15) is 8.78 Å². The van der Waals surface area contributed by atoms with E-state index in [1.54, 1.807) is 5.32 Å². The number of carbonyl (C=O) groups excluding carboxylic acids is 2. The molecular weight excluding hydrogens is 174 g/mol. The number of nitrogens with one attached hydrogen (secondary N) is 2. The second kappa shape index (κ2) is 2.67. The van der Waals surface area contributed by atoms with E-state index in [2.05, 4.69) is 4.74 Å². The maximum absolute atomic E-state index is 12.7. The first-order valence-electron chi connectivity index (χ1n) is 3.01. The zero-order valence-electron chi connectivity index (χ0n) is 6.06. The van der Waals surface area contributed by atoms with Crippen LogP contribution in [0.5, 0.6) is 0 Å². The van der Waals surface area contributed by atoms with Crippen molar-refractivity contribution in [2.75, 3.05) is 7.11 Å². The fourth-order valence-corrected chi connectivity index (χ4v) is 0.758. The molecule has 0 aromatic carbocycles. The van der Waals surface area contributed by atoms with Crippen LogP contribution in [-0.2, 0) is 9.53 Å². The predicted molar refractivity (Wildman–Crippen MR) is 32.4 cm³/mol. The summed E-state index contributed by atoms with van der Waals surface area (Å²) >= 11 is 0. The number of imide groups is 1. The molecule has 7 heteroatoms. The third kappa shape index (κ3) is 1.22. The number of hydrogen-bond acceptors (Lipinski definition) is 3. The Morgan fingerprint density at radius 2 is 2.08 bits per heavy atom. The minimum Gasteiger partial charge on any atom is -0.355 e. The van der Waals surface area contributed by atoms with Crippen LogP contribution in [-0.4, -0.2) is 31.2 Å². The Bertz CT molecular complexity index is 231. The van der Waals surface area contributed by atoms with Gasteiger partial charge in [0.1, 0.15) is 0 Å². The quantitative estimate of drug-likeness (QED) is 0.568. The van der Waals surface area contributed by atoms with E-state index < -0.39 is 24.1 Å². The van der Waals surface area contributed by atoms with E-state index in [-0.39, 0.29) is 0 Å². The SMILES string of the molecule is COC1NC(=O)NC(=O)C1(F)F. The van der Waals surface area contributed by atoms with Crippen LogP contribution in [0.15, 0.2) is 0 Å². The highest BCUT2D eigenvalue weighted by Crippen LogP contribution is 2.21. The number of urea groups is 1. The molecule has 0 bridgehead atoms. The molecule has 2 N–H and O–H groups in total. The summed E-state index contributed by atoms with van der Waals surface area (Å²) in [5.74, 6) is -5.37. The molecule has 1 fully saturated rings. The van der Waals surface area contributed by atoms with Crippen LogP contribution in [0.25, 0.3) is 0 Å². The van der Waals surface area contributed by atoms with Crippen LogP contribution in [0, 0.1) is 0 Å². The van der Waals surface area contributed by atoms with E-state index in [9.17, 15) is 18.4 Å². The van der Waals surface area contributed by atoms with Gasteiger partial charge >= 0.3 is 17.9 Å². The van der Waals surface area contributed by atoms with Crippen molar-refractivity contribution >= 4 is 11.9 Å². The molecule has 1 unspecified atom stereocenters. The second-order valence-corrected chi connectivity index (χ2v) is 2.17. The Morgan fingerprint density at radius 3 is 2.58 bits per heavy atom. The number of alkyl halides is 2. The summed E-state index contributed by atoms with van der Waals surface area (Å²) < 4.78 is 29.6. The van der Waals surface area contributed by atoms with E-state index in [4.69, 9.17) is 0 Å². The molecule has 0 aromatic rings. The molecule has 12 heavy (non-hydrogen) atoms. The Labute approximate surface area is 66.1 Å². The fraction of sp³-hybridized carbons (Fsp3) is 0.600.